The number of aromatic nitrogens is 4. The van der Waals surface area contributed by atoms with Crippen molar-refractivity contribution < 1.29 is 14.4 Å². The molecule has 0 fully saturated rings. The highest BCUT2D eigenvalue weighted by molar-refractivity contribution is 6.30. The van der Waals surface area contributed by atoms with Crippen LogP contribution in [0.5, 0.6) is 0 Å². The third-order valence-electron chi connectivity index (χ3n) is 3.44. The number of benzene rings is 1. The number of carbonyl (C=O) groups excluding carboxylic acids is 1. The second-order valence-corrected chi connectivity index (χ2v) is 6.01. The van der Waals surface area contributed by atoms with Gasteiger partial charge in [0.05, 0.1) is 0 Å². The Morgan fingerprint density at radius 1 is 1.24 bits per heavy atom. The van der Waals surface area contributed by atoms with Crippen LogP contribution in [0, 0.1) is 0 Å². The van der Waals surface area contributed by atoms with Crippen LogP contribution in [0.1, 0.15) is 5.69 Å². The van der Waals surface area contributed by atoms with Crippen molar-refractivity contribution >= 4 is 35.0 Å². The quantitative estimate of drug-likeness (QED) is 0.258. The molecule has 3 rings (SSSR count). The molecule has 0 aliphatic rings. The number of hydrogen-bond acceptors (Lipinski definition) is 9. The zero-order valence-electron chi connectivity index (χ0n) is 15.2. The van der Waals surface area contributed by atoms with Crippen LogP contribution in [-0.4, -0.2) is 45.5 Å². The Bertz CT molecular complexity index is 1050. The summed E-state index contributed by atoms with van der Waals surface area (Å²) in [5.74, 6) is -0.0356. The molecule has 0 bridgehead atoms. The smallest absolute Gasteiger partial charge is 0.360 e. The first-order chi connectivity index (χ1) is 14.0. The summed E-state index contributed by atoms with van der Waals surface area (Å²) < 4.78 is 4.64. The van der Waals surface area contributed by atoms with Gasteiger partial charge in [0.1, 0.15) is 18.6 Å². The molecule has 11 heteroatoms. The Balaban J connectivity index is 1.80. The van der Waals surface area contributed by atoms with Crippen molar-refractivity contribution in [1.82, 2.24) is 19.9 Å². The van der Waals surface area contributed by atoms with Crippen molar-refractivity contribution in [3.8, 4) is 11.4 Å². The molecule has 10 nitrogen and oxygen atoms in total. The molecule has 148 valence electrons. The lowest BCUT2D eigenvalue weighted by Gasteiger charge is -2.07. The molecular formula is C18H16ClN7O3. The van der Waals surface area contributed by atoms with E-state index >= 15 is 0 Å². The maximum Gasteiger partial charge on any atom is 0.360 e. The van der Waals surface area contributed by atoms with Crippen LogP contribution in [-0.2, 0) is 14.4 Å². The highest BCUT2D eigenvalue weighted by atomic mass is 35.5. The van der Waals surface area contributed by atoms with Crippen molar-refractivity contribution in [3.63, 3.8) is 0 Å². The van der Waals surface area contributed by atoms with Crippen LogP contribution in [0.3, 0.4) is 0 Å². The van der Waals surface area contributed by atoms with Crippen molar-refractivity contribution in [2.75, 3.05) is 19.0 Å². The summed E-state index contributed by atoms with van der Waals surface area (Å²) >= 11 is 5.99. The lowest BCUT2D eigenvalue weighted by atomic mass is 10.2. The molecule has 0 unspecified atom stereocenters. The molecule has 2 heterocycles. The molecule has 0 atom stereocenters. The number of oxime groups is 1. The molecule has 1 aromatic carbocycles. The predicted octanol–water partition coefficient (Wildman–Crippen LogP) is 2.14. The predicted molar refractivity (Wildman–Crippen MR) is 106 cm³/mol. The number of anilines is 2. The SMILES string of the molecule is COCC(=O)O/N=C(\N)c1cc(-c2ncnc(Nc3cccc(Cl)c3)n2)ccn1. The van der Waals surface area contributed by atoms with E-state index in [9.17, 15) is 4.79 Å². The summed E-state index contributed by atoms with van der Waals surface area (Å²) in [6.07, 6.45) is 2.89. The zero-order chi connectivity index (χ0) is 20.6. The zero-order valence-corrected chi connectivity index (χ0v) is 16.0. The molecule has 0 saturated carbocycles. The number of methoxy groups -OCH3 is 1. The van der Waals surface area contributed by atoms with Crippen molar-refractivity contribution in [2.45, 2.75) is 0 Å². The second-order valence-electron chi connectivity index (χ2n) is 5.57. The van der Waals surface area contributed by atoms with Gasteiger partial charge >= 0.3 is 5.97 Å². The third kappa shape index (κ3) is 5.67. The normalized spacial score (nSPS) is 11.2. The number of amidine groups is 1. The molecule has 2 aromatic heterocycles. The number of ether oxygens (including phenoxy) is 1. The van der Waals surface area contributed by atoms with Crippen LogP contribution < -0.4 is 11.1 Å². The highest BCUT2D eigenvalue weighted by Crippen LogP contribution is 2.20. The molecule has 0 aliphatic carbocycles. The van der Waals surface area contributed by atoms with Crippen LogP contribution in [0.25, 0.3) is 11.4 Å². The van der Waals surface area contributed by atoms with Gasteiger partial charge in [-0.15, -0.1) is 0 Å². The van der Waals surface area contributed by atoms with Crippen molar-refractivity contribution in [3.05, 3.63) is 59.6 Å². The largest absolute Gasteiger partial charge is 0.379 e. The molecule has 0 aliphatic heterocycles. The van der Waals surface area contributed by atoms with Gasteiger partial charge in [-0.1, -0.05) is 22.8 Å². The minimum Gasteiger partial charge on any atom is -0.379 e. The van der Waals surface area contributed by atoms with Crippen molar-refractivity contribution in [1.29, 1.82) is 0 Å². The highest BCUT2D eigenvalue weighted by Gasteiger charge is 2.09. The maximum absolute atomic E-state index is 11.3. The number of halogens is 1. The van der Waals surface area contributed by atoms with E-state index in [1.807, 2.05) is 12.1 Å². The topological polar surface area (TPSA) is 138 Å². The molecule has 29 heavy (non-hydrogen) atoms. The van der Waals surface area contributed by atoms with E-state index in [1.54, 1.807) is 24.3 Å². The lowest BCUT2D eigenvalue weighted by molar-refractivity contribution is -0.147. The standard InChI is InChI=1S/C18H16ClN7O3/c1-28-9-15(27)29-26-16(20)14-7-11(5-6-21-14)17-22-10-23-18(25-17)24-13-4-2-3-12(19)8-13/h2-8,10H,9H2,1H3,(H2,20,26)(H,22,23,24,25). The molecule has 0 amide bonds. The maximum atomic E-state index is 11.3. The fourth-order valence-electron chi connectivity index (χ4n) is 2.19. The van der Waals surface area contributed by atoms with Gasteiger partial charge in [0, 0.05) is 29.6 Å². The van der Waals surface area contributed by atoms with Crippen molar-refractivity contribution in [2.24, 2.45) is 10.9 Å². The summed E-state index contributed by atoms with van der Waals surface area (Å²) in [5.41, 5.74) is 7.47. The lowest BCUT2D eigenvalue weighted by Crippen LogP contribution is -2.18. The van der Waals surface area contributed by atoms with Crippen LogP contribution in [0.15, 0.2) is 54.1 Å². The summed E-state index contributed by atoms with van der Waals surface area (Å²) in [6.45, 7) is -0.239. The van der Waals surface area contributed by atoms with E-state index in [-0.39, 0.29) is 18.1 Å². The average molecular weight is 414 g/mol. The molecular weight excluding hydrogens is 398 g/mol. The Hall–Kier alpha value is -3.63. The first-order valence-electron chi connectivity index (χ1n) is 8.26. The fourth-order valence-corrected chi connectivity index (χ4v) is 2.38. The molecule has 0 saturated heterocycles. The second kappa shape index (κ2) is 9.53. The molecule has 3 aromatic rings. The van der Waals surface area contributed by atoms with E-state index in [0.29, 0.717) is 22.4 Å². The summed E-state index contributed by atoms with van der Waals surface area (Å²) in [7, 11) is 1.36. The van der Waals surface area contributed by atoms with Crippen LogP contribution in [0.4, 0.5) is 11.6 Å². The van der Waals surface area contributed by atoms with Gasteiger partial charge in [0.15, 0.2) is 11.7 Å². The van der Waals surface area contributed by atoms with Gasteiger partial charge < -0.3 is 20.6 Å². The monoisotopic (exact) mass is 413 g/mol. The number of rotatable bonds is 7. The van der Waals surface area contributed by atoms with E-state index in [2.05, 4.69) is 40.0 Å². The van der Waals surface area contributed by atoms with Gasteiger partial charge in [-0.05, 0) is 30.3 Å². The summed E-state index contributed by atoms with van der Waals surface area (Å²) in [5, 5.41) is 7.20. The average Bonchev–Trinajstić information content (AvgIpc) is 2.72. The first-order valence-corrected chi connectivity index (χ1v) is 8.63. The molecule has 0 radical (unpaired) electrons. The number of nitrogens with one attached hydrogen (secondary N) is 1. The van der Waals surface area contributed by atoms with Gasteiger partial charge in [-0.2, -0.15) is 4.98 Å². The number of nitrogens with zero attached hydrogens (tertiary/aromatic N) is 5. The summed E-state index contributed by atoms with van der Waals surface area (Å²) in [4.78, 5) is 32.7. The van der Waals surface area contributed by atoms with Crippen LogP contribution >= 0.6 is 11.6 Å². The number of carbonyl (C=O) groups is 1. The van der Waals surface area contributed by atoms with Gasteiger partial charge in [-0.3, -0.25) is 4.98 Å². The van der Waals surface area contributed by atoms with E-state index in [1.165, 1.54) is 19.6 Å². The van der Waals surface area contributed by atoms with Gasteiger partial charge in [-0.25, -0.2) is 14.8 Å². The Morgan fingerprint density at radius 3 is 2.90 bits per heavy atom. The third-order valence-corrected chi connectivity index (χ3v) is 3.68. The number of hydrogen-bond donors (Lipinski definition) is 2. The first kappa shape index (κ1) is 20.1. The fraction of sp³-hybridized carbons (Fsp3) is 0.111. The molecule has 3 N–H and O–H groups in total. The number of nitrogens with two attached hydrogens (primary N) is 1. The van der Waals surface area contributed by atoms with E-state index in [0.717, 1.165) is 5.69 Å². The van der Waals surface area contributed by atoms with Gasteiger partial charge in [0.25, 0.3) is 0 Å². The van der Waals surface area contributed by atoms with Gasteiger partial charge in [0.2, 0.25) is 5.95 Å². The van der Waals surface area contributed by atoms with E-state index in [4.69, 9.17) is 17.3 Å². The minimum atomic E-state index is -0.680. The Kier molecular flexibility index (Phi) is 6.61. The molecule has 0 spiro atoms. The Labute approximate surface area is 170 Å². The number of pyridine rings is 1. The van der Waals surface area contributed by atoms with E-state index < -0.39 is 5.97 Å². The summed E-state index contributed by atoms with van der Waals surface area (Å²) in [6, 6.07) is 10.5. The Morgan fingerprint density at radius 2 is 2.10 bits per heavy atom. The minimum absolute atomic E-state index is 0.0809. The van der Waals surface area contributed by atoms with Crippen LogP contribution in [0.2, 0.25) is 5.02 Å².